The van der Waals surface area contributed by atoms with E-state index in [1.807, 2.05) is 0 Å². The fourth-order valence-electron chi connectivity index (χ4n) is 1.79. The molecule has 1 aliphatic heterocycles. The molecule has 2 rings (SSSR count). The highest BCUT2D eigenvalue weighted by Gasteiger charge is 2.18. The Labute approximate surface area is 106 Å². The lowest BCUT2D eigenvalue weighted by Crippen LogP contribution is -2.31. The van der Waals surface area contributed by atoms with Gasteiger partial charge < -0.3 is 25.4 Å². The second-order valence-corrected chi connectivity index (χ2v) is 3.98. The summed E-state index contributed by atoms with van der Waals surface area (Å²) in [7, 11) is 1.57. The molecular weight excluding hydrogens is 234 g/mol. The maximum absolute atomic E-state index is 11.3. The molecule has 0 aromatic heterocycles. The van der Waals surface area contributed by atoms with E-state index in [9.17, 15) is 4.79 Å². The number of hydrogen-bond acceptors (Lipinski definition) is 4. The van der Waals surface area contributed by atoms with Crippen LogP contribution in [0.2, 0.25) is 0 Å². The molecule has 98 valence electrons. The number of carbonyl (C=O) groups is 1. The quantitative estimate of drug-likeness (QED) is 0.754. The van der Waals surface area contributed by atoms with Gasteiger partial charge in [0.05, 0.1) is 13.7 Å². The lowest BCUT2D eigenvalue weighted by atomic mass is 10.3. The second-order valence-electron chi connectivity index (χ2n) is 3.98. The van der Waals surface area contributed by atoms with Crippen LogP contribution in [0.3, 0.4) is 0 Å². The van der Waals surface area contributed by atoms with Crippen molar-refractivity contribution in [3.05, 3.63) is 18.2 Å². The van der Waals surface area contributed by atoms with Crippen LogP contribution in [0.25, 0.3) is 0 Å². The van der Waals surface area contributed by atoms with Crippen LogP contribution in [0.4, 0.5) is 10.5 Å². The van der Waals surface area contributed by atoms with Gasteiger partial charge in [-0.1, -0.05) is 0 Å². The minimum Gasteiger partial charge on any atom is -0.493 e. The summed E-state index contributed by atoms with van der Waals surface area (Å²) >= 11 is 0. The Balaban J connectivity index is 1.88. The molecule has 0 radical (unpaired) electrons. The van der Waals surface area contributed by atoms with Crippen molar-refractivity contribution in [1.82, 2.24) is 10.2 Å². The van der Waals surface area contributed by atoms with Gasteiger partial charge in [0.1, 0.15) is 6.61 Å². The number of rotatable bonds is 5. The summed E-state index contributed by atoms with van der Waals surface area (Å²) in [4.78, 5) is 13.0. The lowest BCUT2D eigenvalue weighted by Gasteiger charge is -2.15. The summed E-state index contributed by atoms with van der Waals surface area (Å²) in [5, 5.41) is 2.74. The van der Waals surface area contributed by atoms with Crippen LogP contribution in [0.5, 0.6) is 11.5 Å². The van der Waals surface area contributed by atoms with E-state index in [2.05, 4.69) is 5.32 Å². The van der Waals surface area contributed by atoms with Gasteiger partial charge >= 0.3 is 6.03 Å². The molecule has 0 saturated carbocycles. The van der Waals surface area contributed by atoms with E-state index >= 15 is 0 Å². The number of urea groups is 1. The number of benzene rings is 1. The van der Waals surface area contributed by atoms with Gasteiger partial charge in [-0.15, -0.1) is 0 Å². The van der Waals surface area contributed by atoms with Crippen LogP contribution in [0.15, 0.2) is 18.2 Å². The zero-order chi connectivity index (χ0) is 13.0. The first-order chi connectivity index (χ1) is 8.70. The van der Waals surface area contributed by atoms with Gasteiger partial charge in [0, 0.05) is 24.8 Å². The van der Waals surface area contributed by atoms with Gasteiger partial charge in [-0.3, -0.25) is 0 Å². The maximum Gasteiger partial charge on any atom is 0.317 e. The topological polar surface area (TPSA) is 76.8 Å². The van der Waals surface area contributed by atoms with E-state index in [1.54, 1.807) is 30.2 Å². The molecule has 1 aromatic carbocycles. The molecule has 1 saturated heterocycles. The van der Waals surface area contributed by atoms with E-state index in [-0.39, 0.29) is 6.03 Å². The molecule has 0 unspecified atom stereocenters. The first kappa shape index (κ1) is 12.3. The van der Waals surface area contributed by atoms with Crippen LogP contribution in [0, 0.1) is 0 Å². The van der Waals surface area contributed by atoms with Crippen molar-refractivity contribution in [2.45, 2.75) is 0 Å². The van der Waals surface area contributed by atoms with Gasteiger partial charge in [-0.2, -0.15) is 0 Å². The average Bonchev–Trinajstić information content (AvgIpc) is 2.77. The van der Waals surface area contributed by atoms with Crippen molar-refractivity contribution in [2.24, 2.45) is 0 Å². The number of amides is 2. The first-order valence-corrected chi connectivity index (χ1v) is 5.80. The molecule has 3 N–H and O–H groups in total. The molecular formula is C12H17N3O3. The number of nitrogen functional groups attached to an aromatic ring is 1. The number of methoxy groups -OCH3 is 1. The van der Waals surface area contributed by atoms with Crippen LogP contribution < -0.4 is 20.5 Å². The predicted molar refractivity (Wildman–Crippen MR) is 67.9 cm³/mol. The number of nitrogens with two attached hydrogens (primary N) is 1. The van der Waals surface area contributed by atoms with Crippen LogP contribution >= 0.6 is 0 Å². The smallest absolute Gasteiger partial charge is 0.317 e. The lowest BCUT2D eigenvalue weighted by molar-refractivity contribution is 0.201. The average molecular weight is 251 g/mol. The van der Waals surface area contributed by atoms with Gasteiger partial charge in [0.25, 0.3) is 0 Å². The highest BCUT2D eigenvalue weighted by molar-refractivity contribution is 5.76. The number of anilines is 1. The molecule has 0 atom stereocenters. The molecule has 0 bridgehead atoms. The first-order valence-electron chi connectivity index (χ1n) is 5.80. The monoisotopic (exact) mass is 251 g/mol. The molecule has 1 fully saturated rings. The van der Waals surface area contributed by atoms with Crippen molar-refractivity contribution in [2.75, 3.05) is 39.1 Å². The predicted octanol–water partition coefficient (Wildman–Crippen LogP) is 0.681. The Kier molecular flexibility index (Phi) is 3.76. The van der Waals surface area contributed by atoms with E-state index in [4.69, 9.17) is 15.2 Å². The number of nitrogens with one attached hydrogen (secondary N) is 1. The second kappa shape index (κ2) is 5.48. The van der Waals surface area contributed by atoms with E-state index in [1.165, 1.54) is 0 Å². The van der Waals surface area contributed by atoms with E-state index < -0.39 is 0 Å². The van der Waals surface area contributed by atoms with Crippen molar-refractivity contribution in [3.8, 4) is 11.5 Å². The Morgan fingerprint density at radius 2 is 2.28 bits per heavy atom. The zero-order valence-corrected chi connectivity index (χ0v) is 10.3. The summed E-state index contributed by atoms with van der Waals surface area (Å²) < 4.78 is 10.8. The van der Waals surface area contributed by atoms with E-state index in [0.717, 1.165) is 6.54 Å². The highest BCUT2D eigenvalue weighted by atomic mass is 16.5. The SMILES string of the molecule is COc1cc(N)ccc1OCCN1CCNC1=O. The summed E-state index contributed by atoms with van der Waals surface area (Å²) in [6.45, 7) is 2.40. The minimum absolute atomic E-state index is 0.0390. The van der Waals surface area contributed by atoms with Crippen molar-refractivity contribution in [1.29, 1.82) is 0 Å². The Hall–Kier alpha value is -2.11. The molecule has 1 heterocycles. The Morgan fingerprint density at radius 1 is 1.44 bits per heavy atom. The third kappa shape index (κ3) is 2.77. The number of ether oxygens (including phenoxy) is 2. The molecule has 2 amide bonds. The van der Waals surface area contributed by atoms with Crippen molar-refractivity contribution >= 4 is 11.7 Å². The molecule has 18 heavy (non-hydrogen) atoms. The summed E-state index contributed by atoms with van der Waals surface area (Å²) in [6.07, 6.45) is 0. The standard InChI is InChI=1S/C12H17N3O3/c1-17-11-8-9(13)2-3-10(11)18-7-6-15-5-4-14-12(15)16/h2-3,8H,4-7,13H2,1H3,(H,14,16). The third-order valence-corrected chi connectivity index (χ3v) is 2.75. The molecule has 1 aromatic rings. The molecule has 6 nitrogen and oxygen atoms in total. The van der Waals surface area contributed by atoms with Crippen LogP contribution in [0.1, 0.15) is 0 Å². The zero-order valence-electron chi connectivity index (χ0n) is 10.3. The molecule has 6 heteroatoms. The number of nitrogens with zero attached hydrogens (tertiary/aromatic N) is 1. The number of carbonyl (C=O) groups excluding carboxylic acids is 1. The Morgan fingerprint density at radius 3 is 2.94 bits per heavy atom. The summed E-state index contributed by atoms with van der Waals surface area (Å²) in [6, 6.07) is 5.18. The maximum atomic E-state index is 11.3. The third-order valence-electron chi connectivity index (χ3n) is 2.75. The molecule has 0 spiro atoms. The fraction of sp³-hybridized carbons (Fsp3) is 0.417. The highest BCUT2D eigenvalue weighted by Crippen LogP contribution is 2.28. The van der Waals surface area contributed by atoms with Gasteiger partial charge in [-0.05, 0) is 12.1 Å². The summed E-state index contributed by atoms with van der Waals surface area (Å²) in [5.74, 6) is 1.23. The normalized spacial score (nSPS) is 14.5. The number of hydrogen-bond donors (Lipinski definition) is 2. The van der Waals surface area contributed by atoms with Crippen LogP contribution in [-0.2, 0) is 0 Å². The molecule has 0 aliphatic carbocycles. The summed E-state index contributed by atoms with van der Waals surface area (Å²) in [5.41, 5.74) is 6.28. The van der Waals surface area contributed by atoms with Crippen molar-refractivity contribution in [3.63, 3.8) is 0 Å². The van der Waals surface area contributed by atoms with Gasteiger partial charge in [-0.25, -0.2) is 4.79 Å². The minimum atomic E-state index is -0.0390. The Bertz CT molecular complexity index is 437. The van der Waals surface area contributed by atoms with E-state index in [0.29, 0.717) is 36.9 Å². The van der Waals surface area contributed by atoms with Gasteiger partial charge in [0.2, 0.25) is 0 Å². The largest absolute Gasteiger partial charge is 0.493 e. The van der Waals surface area contributed by atoms with Gasteiger partial charge in [0.15, 0.2) is 11.5 Å². The fourth-order valence-corrected chi connectivity index (χ4v) is 1.79. The molecule has 1 aliphatic rings. The van der Waals surface area contributed by atoms with Crippen molar-refractivity contribution < 1.29 is 14.3 Å². The van der Waals surface area contributed by atoms with Crippen LogP contribution in [-0.4, -0.2) is 44.3 Å².